The Bertz CT molecular complexity index is 774. The predicted octanol–water partition coefficient (Wildman–Crippen LogP) is 3.70. The van der Waals surface area contributed by atoms with E-state index in [2.05, 4.69) is 20.5 Å². The molecule has 1 saturated heterocycles. The summed E-state index contributed by atoms with van der Waals surface area (Å²) in [5.41, 5.74) is 1.04. The van der Waals surface area contributed by atoms with Gasteiger partial charge < -0.3 is 15.1 Å². The lowest BCUT2D eigenvalue weighted by atomic mass is 10.1. The van der Waals surface area contributed by atoms with Crippen molar-refractivity contribution in [2.75, 3.05) is 26.7 Å². The molecule has 0 aliphatic carbocycles. The molecule has 1 aliphatic rings. The summed E-state index contributed by atoms with van der Waals surface area (Å²) in [5, 5.41) is 17.4. The van der Waals surface area contributed by atoms with Gasteiger partial charge in [-0.05, 0) is 43.6 Å². The van der Waals surface area contributed by atoms with E-state index in [1.807, 2.05) is 12.1 Å². The third-order valence-electron chi connectivity index (χ3n) is 5.00. The van der Waals surface area contributed by atoms with Crippen LogP contribution in [0.25, 0.3) is 0 Å². The van der Waals surface area contributed by atoms with Crippen molar-refractivity contribution in [1.29, 1.82) is 0 Å². The Balaban J connectivity index is 0.00000300. The average molecular weight is 513 g/mol. The number of likely N-dealkylation sites (tertiary alicyclic amines) is 1. The first-order valence-electron chi connectivity index (χ1n) is 9.62. The number of nitro benzene ring substituents is 1. The zero-order valence-corrected chi connectivity index (χ0v) is 18.9. The molecular weight excluding hydrogens is 485 g/mol. The lowest BCUT2D eigenvalue weighted by Gasteiger charge is -2.33. The topological polar surface area (TPSA) is 95.9 Å². The summed E-state index contributed by atoms with van der Waals surface area (Å²) in [6, 6.07) is 10.6. The summed E-state index contributed by atoms with van der Waals surface area (Å²) in [5.74, 6) is 1.65. The average Bonchev–Trinajstić information content (AvgIpc) is 3.26. The number of nitrogens with zero attached hydrogens (tertiary/aromatic N) is 3. The van der Waals surface area contributed by atoms with Crippen LogP contribution in [0.4, 0.5) is 5.69 Å². The fourth-order valence-electron chi connectivity index (χ4n) is 3.46. The van der Waals surface area contributed by atoms with Gasteiger partial charge in [0.05, 0.1) is 17.2 Å². The molecule has 2 aromatic rings. The van der Waals surface area contributed by atoms with E-state index in [-0.39, 0.29) is 35.7 Å². The van der Waals surface area contributed by atoms with Crippen LogP contribution < -0.4 is 10.6 Å². The standard InChI is InChI=1S/C20H27N5O3.HI/c1-21-20(22-14-16-7-9-17(10-8-16)25(26)27)23-15-18(19-6-5-13-28-19)24-11-3-2-4-12-24;/h5-10,13,18H,2-4,11-12,14-15H2,1H3,(H2,21,22,23);1H. The Hall–Kier alpha value is -2.14. The van der Waals surface area contributed by atoms with Crippen LogP contribution in [0.5, 0.6) is 0 Å². The lowest BCUT2D eigenvalue weighted by Crippen LogP contribution is -2.44. The van der Waals surface area contributed by atoms with E-state index < -0.39 is 4.92 Å². The molecule has 0 spiro atoms. The van der Waals surface area contributed by atoms with Crippen LogP contribution >= 0.6 is 24.0 Å². The number of nitrogens with one attached hydrogen (secondary N) is 2. The maximum atomic E-state index is 10.8. The van der Waals surface area contributed by atoms with E-state index in [0.717, 1.165) is 24.4 Å². The fraction of sp³-hybridized carbons (Fsp3) is 0.450. The molecule has 0 saturated carbocycles. The van der Waals surface area contributed by atoms with Crippen molar-refractivity contribution in [3.05, 3.63) is 64.1 Å². The molecule has 1 atom stereocenters. The van der Waals surface area contributed by atoms with Crippen LogP contribution in [0.2, 0.25) is 0 Å². The molecule has 0 bridgehead atoms. The molecule has 2 heterocycles. The van der Waals surface area contributed by atoms with Crippen molar-refractivity contribution in [3.8, 4) is 0 Å². The molecule has 0 radical (unpaired) electrons. The Morgan fingerprint density at radius 2 is 1.93 bits per heavy atom. The lowest BCUT2D eigenvalue weighted by molar-refractivity contribution is -0.384. The number of halogens is 1. The largest absolute Gasteiger partial charge is 0.468 e. The normalized spacial score (nSPS) is 16.0. The minimum atomic E-state index is -0.396. The van der Waals surface area contributed by atoms with E-state index in [4.69, 9.17) is 4.42 Å². The molecule has 1 aromatic heterocycles. The quantitative estimate of drug-likeness (QED) is 0.193. The van der Waals surface area contributed by atoms with Gasteiger partial charge in [0.1, 0.15) is 5.76 Å². The van der Waals surface area contributed by atoms with Gasteiger partial charge in [-0.25, -0.2) is 0 Å². The molecule has 1 unspecified atom stereocenters. The zero-order chi connectivity index (χ0) is 19.8. The zero-order valence-electron chi connectivity index (χ0n) is 16.5. The number of aliphatic imine (C=N–C) groups is 1. The first kappa shape index (κ1) is 23.1. The van der Waals surface area contributed by atoms with Crippen LogP contribution in [-0.4, -0.2) is 42.5 Å². The number of guanidine groups is 1. The highest BCUT2D eigenvalue weighted by molar-refractivity contribution is 14.0. The van der Waals surface area contributed by atoms with E-state index in [1.165, 1.54) is 31.4 Å². The number of benzene rings is 1. The van der Waals surface area contributed by atoms with Crippen molar-refractivity contribution in [3.63, 3.8) is 0 Å². The number of non-ortho nitro benzene ring substituents is 1. The first-order valence-corrected chi connectivity index (χ1v) is 9.62. The minimum Gasteiger partial charge on any atom is -0.468 e. The van der Waals surface area contributed by atoms with Gasteiger partial charge >= 0.3 is 0 Å². The third-order valence-corrected chi connectivity index (χ3v) is 5.00. The fourth-order valence-corrected chi connectivity index (χ4v) is 3.46. The molecule has 0 amide bonds. The van der Waals surface area contributed by atoms with Crippen molar-refractivity contribution in [2.45, 2.75) is 31.8 Å². The van der Waals surface area contributed by atoms with Crippen molar-refractivity contribution < 1.29 is 9.34 Å². The van der Waals surface area contributed by atoms with Gasteiger partial charge in [-0.1, -0.05) is 18.6 Å². The molecule has 1 aliphatic heterocycles. The second-order valence-corrected chi connectivity index (χ2v) is 6.86. The van der Waals surface area contributed by atoms with Crippen LogP contribution in [-0.2, 0) is 6.54 Å². The predicted molar refractivity (Wildman–Crippen MR) is 124 cm³/mol. The first-order chi connectivity index (χ1) is 13.7. The summed E-state index contributed by atoms with van der Waals surface area (Å²) in [6.07, 6.45) is 5.43. The molecule has 158 valence electrons. The summed E-state index contributed by atoms with van der Waals surface area (Å²) in [6.45, 7) is 3.37. The number of nitro groups is 1. The van der Waals surface area contributed by atoms with E-state index in [0.29, 0.717) is 19.0 Å². The molecule has 1 fully saturated rings. The summed E-state index contributed by atoms with van der Waals surface area (Å²) in [7, 11) is 1.73. The maximum Gasteiger partial charge on any atom is 0.269 e. The van der Waals surface area contributed by atoms with Crippen molar-refractivity contribution in [2.24, 2.45) is 4.99 Å². The number of hydrogen-bond donors (Lipinski definition) is 2. The number of furan rings is 1. The molecule has 8 nitrogen and oxygen atoms in total. The molecule has 1 aromatic carbocycles. The molecule has 3 rings (SSSR count). The third kappa shape index (κ3) is 6.70. The monoisotopic (exact) mass is 513 g/mol. The van der Waals surface area contributed by atoms with Crippen molar-refractivity contribution in [1.82, 2.24) is 15.5 Å². The number of rotatable bonds is 7. The van der Waals surface area contributed by atoms with Crippen molar-refractivity contribution >= 4 is 35.6 Å². The van der Waals surface area contributed by atoms with Crippen LogP contribution in [0, 0.1) is 10.1 Å². The van der Waals surface area contributed by atoms with E-state index >= 15 is 0 Å². The van der Waals surface area contributed by atoms with Crippen LogP contribution in [0.3, 0.4) is 0 Å². The van der Waals surface area contributed by atoms with E-state index in [9.17, 15) is 10.1 Å². The molecule has 9 heteroatoms. The van der Waals surface area contributed by atoms with Gasteiger partial charge in [0.2, 0.25) is 0 Å². The molecular formula is C20H28IN5O3. The summed E-state index contributed by atoms with van der Waals surface area (Å²) < 4.78 is 5.68. The SMILES string of the molecule is CN=C(NCc1ccc([N+](=O)[O-])cc1)NCC(c1ccco1)N1CCCCC1.I. The second-order valence-electron chi connectivity index (χ2n) is 6.86. The highest BCUT2D eigenvalue weighted by Gasteiger charge is 2.24. The van der Waals surface area contributed by atoms with Gasteiger partial charge in [0.15, 0.2) is 5.96 Å². The van der Waals surface area contributed by atoms with E-state index in [1.54, 1.807) is 25.4 Å². The number of piperidine rings is 1. The van der Waals surface area contributed by atoms with Crippen LogP contribution in [0.1, 0.15) is 36.6 Å². The van der Waals surface area contributed by atoms with Gasteiger partial charge in [-0.15, -0.1) is 24.0 Å². The Morgan fingerprint density at radius 1 is 1.21 bits per heavy atom. The summed E-state index contributed by atoms with van der Waals surface area (Å²) in [4.78, 5) is 17.1. The second kappa shape index (κ2) is 11.8. The van der Waals surface area contributed by atoms with Crippen LogP contribution in [0.15, 0.2) is 52.1 Å². The van der Waals surface area contributed by atoms with Gasteiger partial charge in [-0.3, -0.25) is 20.0 Å². The Labute approximate surface area is 187 Å². The Morgan fingerprint density at radius 3 is 2.52 bits per heavy atom. The van der Waals surface area contributed by atoms with Gasteiger partial charge in [0, 0.05) is 32.3 Å². The maximum absolute atomic E-state index is 10.8. The molecule has 2 N–H and O–H groups in total. The highest BCUT2D eigenvalue weighted by atomic mass is 127. The smallest absolute Gasteiger partial charge is 0.269 e. The Kier molecular flexibility index (Phi) is 9.39. The summed E-state index contributed by atoms with van der Waals surface area (Å²) >= 11 is 0. The van der Waals surface area contributed by atoms with Gasteiger partial charge in [-0.2, -0.15) is 0 Å². The minimum absolute atomic E-state index is 0. The molecule has 29 heavy (non-hydrogen) atoms. The van der Waals surface area contributed by atoms with Gasteiger partial charge in [0.25, 0.3) is 5.69 Å². The highest BCUT2D eigenvalue weighted by Crippen LogP contribution is 2.24. The number of hydrogen-bond acceptors (Lipinski definition) is 5.